The van der Waals surface area contributed by atoms with Crippen molar-refractivity contribution >= 4 is 0 Å². The molecule has 1 nitrogen and oxygen atoms in total. The molecular formula is C58H115N. The van der Waals surface area contributed by atoms with Gasteiger partial charge in [-0.2, -0.15) is 0 Å². The zero-order valence-corrected chi connectivity index (χ0v) is 41.6. The zero-order chi connectivity index (χ0) is 42.3. The minimum atomic E-state index is 1.24. The van der Waals surface area contributed by atoms with E-state index in [0.29, 0.717) is 0 Å². The molecule has 0 heterocycles. The fraction of sp³-hybridized carbons (Fsp3) is 0.931. The number of hydrogen-bond donors (Lipinski definition) is 1. The van der Waals surface area contributed by atoms with Gasteiger partial charge in [-0.3, -0.25) is 0 Å². The van der Waals surface area contributed by atoms with E-state index in [1.807, 2.05) is 0 Å². The summed E-state index contributed by atoms with van der Waals surface area (Å²) in [5.74, 6) is 0. The van der Waals surface area contributed by atoms with Crippen molar-refractivity contribution in [3.63, 3.8) is 0 Å². The summed E-state index contributed by atoms with van der Waals surface area (Å²) in [6, 6.07) is 0. The van der Waals surface area contributed by atoms with Crippen LogP contribution in [-0.4, -0.2) is 13.1 Å². The van der Waals surface area contributed by atoms with Gasteiger partial charge in [0, 0.05) is 0 Å². The van der Waals surface area contributed by atoms with Crippen molar-refractivity contribution in [3.8, 4) is 0 Å². The Kier molecular flexibility index (Phi) is 56.9. The maximum Gasteiger partial charge on any atom is -0.00489 e. The molecule has 0 aliphatic carbocycles. The van der Waals surface area contributed by atoms with Crippen LogP contribution in [0.5, 0.6) is 0 Å². The smallest absolute Gasteiger partial charge is 0.00489 e. The van der Waals surface area contributed by atoms with Crippen LogP contribution in [0, 0.1) is 0 Å². The van der Waals surface area contributed by atoms with Crippen molar-refractivity contribution in [2.45, 2.75) is 335 Å². The van der Waals surface area contributed by atoms with Gasteiger partial charge in [0.15, 0.2) is 0 Å². The molecule has 0 unspecified atom stereocenters. The molecule has 0 aliphatic rings. The Labute approximate surface area is 376 Å². The average molecular weight is 827 g/mol. The molecule has 0 amide bonds. The highest BCUT2D eigenvalue weighted by atomic mass is 14.8. The Morgan fingerprint density at radius 1 is 0.186 bits per heavy atom. The third-order valence-electron chi connectivity index (χ3n) is 13.2. The fourth-order valence-electron chi connectivity index (χ4n) is 9.01. The van der Waals surface area contributed by atoms with Crippen molar-refractivity contribution in [1.82, 2.24) is 5.32 Å². The van der Waals surface area contributed by atoms with E-state index in [-0.39, 0.29) is 0 Å². The summed E-state index contributed by atoms with van der Waals surface area (Å²) in [6.45, 7) is 7.08. The van der Waals surface area contributed by atoms with E-state index in [1.54, 1.807) is 0 Å². The lowest BCUT2D eigenvalue weighted by molar-refractivity contribution is 0.511. The van der Waals surface area contributed by atoms with E-state index in [0.717, 1.165) is 0 Å². The van der Waals surface area contributed by atoms with E-state index in [9.17, 15) is 0 Å². The van der Waals surface area contributed by atoms with Crippen molar-refractivity contribution in [2.75, 3.05) is 13.1 Å². The molecule has 0 rings (SSSR count). The van der Waals surface area contributed by atoms with Gasteiger partial charge in [-0.15, -0.1) is 0 Å². The maximum atomic E-state index is 3.70. The molecule has 0 saturated heterocycles. The van der Waals surface area contributed by atoms with Gasteiger partial charge in [0.1, 0.15) is 0 Å². The second-order valence-electron chi connectivity index (χ2n) is 19.4. The summed E-state index contributed by atoms with van der Waals surface area (Å²) in [5, 5.41) is 3.70. The number of rotatable bonds is 54. The molecule has 1 heteroatoms. The van der Waals surface area contributed by atoms with Gasteiger partial charge in [-0.1, -0.05) is 295 Å². The van der Waals surface area contributed by atoms with Crippen LogP contribution in [0.2, 0.25) is 0 Å². The Morgan fingerprint density at radius 3 is 0.525 bits per heavy atom. The molecule has 0 aromatic heterocycles. The Morgan fingerprint density at radius 2 is 0.339 bits per heavy atom. The van der Waals surface area contributed by atoms with Crippen LogP contribution in [0.25, 0.3) is 0 Å². The van der Waals surface area contributed by atoms with Crippen LogP contribution < -0.4 is 5.32 Å². The number of allylic oxidation sites excluding steroid dienone is 4. The molecule has 0 aliphatic heterocycles. The Hall–Kier alpha value is -0.560. The van der Waals surface area contributed by atoms with Gasteiger partial charge in [0.05, 0.1) is 0 Å². The lowest BCUT2D eigenvalue weighted by Crippen LogP contribution is -2.16. The lowest BCUT2D eigenvalue weighted by atomic mass is 10.0. The van der Waals surface area contributed by atoms with Crippen LogP contribution in [0.1, 0.15) is 335 Å². The highest BCUT2D eigenvalue weighted by Crippen LogP contribution is 2.17. The second kappa shape index (κ2) is 57.4. The standard InChI is InChI=1S/C58H115N/c1-3-5-7-9-11-13-15-17-19-21-22-23-24-25-26-27-28-29-30-31-32-33-34-35-36-37-38-39-40-41-42-44-46-48-50-52-54-56-58-59-57-55-53-51-49-47-45-43-20-18-16-14-12-10-8-6-4-2/h17-20,59H,3-16,21-58H2,1-2H3/b19-17-,20-18+. The summed E-state index contributed by atoms with van der Waals surface area (Å²) < 4.78 is 0. The molecule has 59 heavy (non-hydrogen) atoms. The van der Waals surface area contributed by atoms with E-state index in [2.05, 4.69) is 43.5 Å². The predicted octanol–water partition coefficient (Wildman–Crippen LogP) is 21.2. The lowest BCUT2D eigenvalue weighted by Gasteiger charge is -2.06. The molecular weight excluding hydrogens is 711 g/mol. The first-order valence-corrected chi connectivity index (χ1v) is 28.4. The summed E-state index contributed by atoms with van der Waals surface area (Å²) in [6.07, 6.45) is 81.7. The van der Waals surface area contributed by atoms with Crippen molar-refractivity contribution < 1.29 is 0 Å². The summed E-state index contributed by atoms with van der Waals surface area (Å²) >= 11 is 0. The second-order valence-corrected chi connectivity index (χ2v) is 19.4. The van der Waals surface area contributed by atoms with Crippen molar-refractivity contribution in [2.24, 2.45) is 0 Å². The first-order valence-electron chi connectivity index (χ1n) is 28.4. The fourth-order valence-corrected chi connectivity index (χ4v) is 9.01. The largest absolute Gasteiger partial charge is 0.317 e. The normalized spacial score (nSPS) is 12.0. The first kappa shape index (κ1) is 58.4. The SMILES string of the molecule is CCCCCCCC/C=C\CCCCCCCCCCCCCCCCCCCCCCCCCCCCCCNCCCCCCCC/C=C/CCCCCCCC. The molecule has 0 spiro atoms. The van der Waals surface area contributed by atoms with Crippen LogP contribution in [0.4, 0.5) is 0 Å². The number of hydrogen-bond acceptors (Lipinski definition) is 1. The molecule has 352 valence electrons. The van der Waals surface area contributed by atoms with Gasteiger partial charge in [-0.05, 0) is 77.3 Å². The topological polar surface area (TPSA) is 12.0 Å². The van der Waals surface area contributed by atoms with Crippen molar-refractivity contribution in [3.05, 3.63) is 24.3 Å². The highest BCUT2D eigenvalue weighted by Gasteiger charge is 1.98. The monoisotopic (exact) mass is 826 g/mol. The number of unbranched alkanes of at least 4 members (excludes halogenated alkanes) is 46. The molecule has 0 fully saturated rings. The van der Waals surface area contributed by atoms with Gasteiger partial charge in [-0.25, -0.2) is 0 Å². The summed E-state index contributed by atoms with van der Waals surface area (Å²) in [7, 11) is 0. The van der Waals surface area contributed by atoms with Crippen LogP contribution >= 0.6 is 0 Å². The number of nitrogens with one attached hydrogen (secondary N) is 1. The minimum Gasteiger partial charge on any atom is -0.317 e. The van der Waals surface area contributed by atoms with E-state index < -0.39 is 0 Å². The van der Waals surface area contributed by atoms with Crippen LogP contribution in [-0.2, 0) is 0 Å². The van der Waals surface area contributed by atoms with E-state index in [1.165, 1.54) is 334 Å². The maximum absolute atomic E-state index is 3.70. The van der Waals surface area contributed by atoms with E-state index in [4.69, 9.17) is 0 Å². The Balaban J connectivity index is 3.09. The minimum absolute atomic E-state index is 1.24. The van der Waals surface area contributed by atoms with Gasteiger partial charge in [0.2, 0.25) is 0 Å². The van der Waals surface area contributed by atoms with E-state index >= 15 is 0 Å². The van der Waals surface area contributed by atoms with Gasteiger partial charge in [0.25, 0.3) is 0 Å². The zero-order valence-electron chi connectivity index (χ0n) is 41.6. The summed E-state index contributed by atoms with van der Waals surface area (Å²) in [4.78, 5) is 0. The van der Waals surface area contributed by atoms with Crippen molar-refractivity contribution in [1.29, 1.82) is 0 Å². The molecule has 0 aromatic rings. The molecule has 0 saturated carbocycles. The average Bonchev–Trinajstić information content (AvgIpc) is 3.25. The van der Waals surface area contributed by atoms with Crippen LogP contribution in [0.15, 0.2) is 24.3 Å². The van der Waals surface area contributed by atoms with Crippen LogP contribution in [0.3, 0.4) is 0 Å². The highest BCUT2D eigenvalue weighted by molar-refractivity contribution is 4.82. The summed E-state index contributed by atoms with van der Waals surface area (Å²) in [5.41, 5.74) is 0. The molecule has 0 aromatic carbocycles. The molecule has 0 atom stereocenters. The molecule has 1 N–H and O–H groups in total. The Bertz CT molecular complexity index is 690. The predicted molar refractivity (Wildman–Crippen MR) is 273 cm³/mol. The van der Waals surface area contributed by atoms with Gasteiger partial charge >= 0.3 is 0 Å². The van der Waals surface area contributed by atoms with Gasteiger partial charge < -0.3 is 5.32 Å². The quantitative estimate of drug-likeness (QED) is 0.0476. The molecule has 0 bridgehead atoms. The first-order chi connectivity index (χ1) is 29.4. The third-order valence-corrected chi connectivity index (χ3v) is 13.2. The third kappa shape index (κ3) is 57.4. The molecule has 0 radical (unpaired) electrons.